The second-order valence-corrected chi connectivity index (χ2v) is 5.25. The van der Waals surface area contributed by atoms with Gasteiger partial charge in [0, 0.05) is 18.3 Å². The summed E-state index contributed by atoms with van der Waals surface area (Å²) < 4.78 is 14.6. The first kappa shape index (κ1) is 14.0. The topological polar surface area (TPSA) is 29.3 Å². The fourth-order valence-corrected chi connectivity index (χ4v) is 2.63. The number of rotatable bonds is 3. The molecule has 0 spiro atoms. The number of hydrogen-bond acceptors (Lipinski definition) is 2. The zero-order valence-corrected chi connectivity index (χ0v) is 12.6. The Bertz CT molecular complexity index is 616. The minimum absolute atomic E-state index is 0.166. The van der Waals surface area contributed by atoms with Crippen molar-refractivity contribution in [1.82, 2.24) is 0 Å². The summed E-state index contributed by atoms with van der Waals surface area (Å²) in [6.45, 7) is 0. The number of thiocarbonyl (C=S) groups is 1. The monoisotopic (exact) mass is 338 g/mol. The van der Waals surface area contributed by atoms with Crippen LogP contribution in [0.15, 0.2) is 46.9 Å². The highest BCUT2D eigenvalue weighted by molar-refractivity contribution is 9.10. The van der Waals surface area contributed by atoms with Crippen molar-refractivity contribution in [2.45, 2.75) is 0 Å². The van der Waals surface area contributed by atoms with Gasteiger partial charge in [-0.25, -0.2) is 4.39 Å². The van der Waals surface area contributed by atoms with E-state index in [2.05, 4.69) is 15.9 Å². The van der Waals surface area contributed by atoms with Crippen molar-refractivity contribution in [3.05, 3.63) is 58.3 Å². The number of nitrogens with two attached hydrogens (primary N) is 1. The Hall–Kier alpha value is -1.46. The highest BCUT2D eigenvalue weighted by atomic mass is 79.9. The molecule has 0 heterocycles. The van der Waals surface area contributed by atoms with E-state index in [1.54, 1.807) is 24.1 Å². The first-order chi connectivity index (χ1) is 9.02. The van der Waals surface area contributed by atoms with Gasteiger partial charge in [0.2, 0.25) is 0 Å². The predicted octanol–water partition coefficient (Wildman–Crippen LogP) is 3.99. The zero-order valence-electron chi connectivity index (χ0n) is 10.2. The molecule has 0 fully saturated rings. The summed E-state index contributed by atoms with van der Waals surface area (Å²) in [5.74, 6) is -0.378. The molecule has 0 unspecified atom stereocenters. The molecule has 2 nitrogen and oxygen atoms in total. The molecule has 0 saturated heterocycles. The number of nitrogens with zero attached hydrogens (tertiary/aromatic N) is 1. The van der Waals surface area contributed by atoms with Crippen LogP contribution in [0, 0.1) is 5.82 Å². The Morgan fingerprint density at radius 3 is 2.42 bits per heavy atom. The minimum atomic E-state index is -0.378. The van der Waals surface area contributed by atoms with Gasteiger partial charge < -0.3 is 10.6 Å². The van der Waals surface area contributed by atoms with Crippen LogP contribution < -0.4 is 10.6 Å². The van der Waals surface area contributed by atoms with Crippen molar-refractivity contribution in [2.75, 3.05) is 11.9 Å². The average Bonchev–Trinajstić information content (AvgIpc) is 2.41. The van der Waals surface area contributed by atoms with E-state index in [0.29, 0.717) is 15.7 Å². The standard InChI is InChI=1S/C14H12BrFN2S/c1-18(9-5-3-2-4-6-9)11-8-7-10(14(17)19)12(15)13(11)16/h2-8H,1H3,(H2,17,19). The van der Waals surface area contributed by atoms with Gasteiger partial charge in [-0.05, 0) is 40.2 Å². The van der Waals surface area contributed by atoms with Crippen LogP contribution in [0.3, 0.4) is 0 Å². The van der Waals surface area contributed by atoms with Gasteiger partial charge in [0.15, 0.2) is 5.82 Å². The molecule has 19 heavy (non-hydrogen) atoms. The van der Waals surface area contributed by atoms with Gasteiger partial charge in [0.25, 0.3) is 0 Å². The van der Waals surface area contributed by atoms with Gasteiger partial charge in [-0.3, -0.25) is 0 Å². The molecule has 0 saturated carbocycles. The van der Waals surface area contributed by atoms with E-state index in [4.69, 9.17) is 18.0 Å². The smallest absolute Gasteiger partial charge is 0.161 e. The lowest BCUT2D eigenvalue weighted by atomic mass is 10.1. The van der Waals surface area contributed by atoms with Crippen LogP contribution in [-0.2, 0) is 0 Å². The SMILES string of the molecule is CN(c1ccccc1)c1ccc(C(N)=S)c(Br)c1F. The molecule has 2 aromatic carbocycles. The zero-order chi connectivity index (χ0) is 14.0. The van der Waals surface area contributed by atoms with Gasteiger partial charge >= 0.3 is 0 Å². The summed E-state index contributed by atoms with van der Waals surface area (Å²) in [4.78, 5) is 1.93. The lowest BCUT2D eigenvalue weighted by molar-refractivity contribution is 0.620. The van der Waals surface area contributed by atoms with Crippen LogP contribution in [0.5, 0.6) is 0 Å². The molecule has 2 N–H and O–H groups in total. The summed E-state index contributed by atoms with van der Waals surface area (Å²) in [7, 11) is 1.81. The number of para-hydroxylation sites is 1. The van der Waals surface area contributed by atoms with Crippen molar-refractivity contribution >= 4 is 44.5 Å². The van der Waals surface area contributed by atoms with E-state index in [0.717, 1.165) is 5.69 Å². The molecule has 0 aromatic heterocycles. The van der Waals surface area contributed by atoms with Crippen molar-refractivity contribution < 1.29 is 4.39 Å². The lowest BCUT2D eigenvalue weighted by Crippen LogP contribution is -2.15. The van der Waals surface area contributed by atoms with E-state index >= 15 is 0 Å². The molecule has 0 bridgehead atoms. The van der Waals surface area contributed by atoms with Gasteiger partial charge in [-0.1, -0.05) is 30.4 Å². The Kier molecular flexibility index (Phi) is 4.17. The Morgan fingerprint density at radius 1 is 1.21 bits per heavy atom. The second-order valence-electron chi connectivity index (χ2n) is 4.02. The summed E-state index contributed by atoms with van der Waals surface area (Å²) >= 11 is 8.08. The quantitative estimate of drug-likeness (QED) is 0.858. The van der Waals surface area contributed by atoms with E-state index < -0.39 is 0 Å². The third-order valence-corrected chi connectivity index (χ3v) is 3.83. The largest absolute Gasteiger partial charge is 0.389 e. The first-order valence-electron chi connectivity index (χ1n) is 5.59. The van der Waals surface area contributed by atoms with Crippen LogP contribution in [0.4, 0.5) is 15.8 Å². The summed E-state index contributed by atoms with van der Waals surface area (Å²) in [6.07, 6.45) is 0. The van der Waals surface area contributed by atoms with E-state index in [1.165, 1.54) is 0 Å². The van der Waals surface area contributed by atoms with Gasteiger partial charge in [0.1, 0.15) is 4.99 Å². The highest BCUT2D eigenvalue weighted by Crippen LogP contribution is 2.32. The highest BCUT2D eigenvalue weighted by Gasteiger charge is 2.16. The summed E-state index contributed by atoms with van der Waals surface area (Å²) in [5.41, 5.74) is 7.40. The number of halogens is 2. The first-order valence-corrected chi connectivity index (χ1v) is 6.79. The third-order valence-electron chi connectivity index (χ3n) is 2.83. The molecule has 0 aliphatic rings. The molecular formula is C14H12BrFN2S. The fourth-order valence-electron chi connectivity index (χ4n) is 1.78. The van der Waals surface area contributed by atoms with Crippen molar-refractivity contribution in [3.8, 4) is 0 Å². The molecule has 2 rings (SSSR count). The van der Waals surface area contributed by atoms with E-state index in [1.807, 2.05) is 30.3 Å². The second kappa shape index (κ2) is 5.67. The number of benzene rings is 2. The van der Waals surface area contributed by atoms with E-state index in [-0.39, 0.29) is 10.8 Å². The third kappa shape index (κ3) is 2.77. The molecule has 0 radical (unpaired) electrons. The summed E-state index contributed by atoms with van der Waals surface area (Å²) in [5, 5.41) is 0. The maximum Gasteiger partial charge on any atom is 0.161 e. The van der Waals surface area contributed by atoms with Crippen LogP contribution in [0.25, 0.3) is 0 Å². The molecule has 0 aliphatic carbocycles. The molecule has 0 atom stereocenters. The molecule has 98 valence electrons. The van der Waals surface area contributed by atoms with Gasteiger partial charge in [-0.2, -0.15) is 0 Å². The minimum Gasteiger partial charge on any atom is -0.389 e. The lowest BCUT2D eigenvalue weighted by Gasteiger charge is -2.21. The normalized spacial score (nSPS) is 10.3. The van der Waals surface area contributed by atoms with E-state index in [9.17, 15) is 4.39 Å². The molecule has 2 aromatic rings. The van der Waals surface area contributed by atoms with Crippen molar-refractivity contribution in [2.24, 2.45) is 5.73 Å². The Balaban J connectivity index is 2.47. The maximum absolute atomic E-state index is 14.4. The Morgan fingerprint density at radius 2 is 1.84 bits per heavy atom. The average molecular weight is 339 g/mol. The number of hydrogen-bond donors (Lipinski definition) is 1. The maximum atomic E-state index is 14.4. The Labute approximate surface area is 125 Å². The van der Waals surface area contributed by atoms with Gasteiger partial charge in [0.05, 0.1) is 10.2 Å². The molecule has 0 aliphatic heterocycles. The predicted molar refractivity (Wildman–Crippen MR) is 84.5 cm³/mol. The fraction of sp³-hybridized carbons (Fsp3) is 0.0714. The van der Waals surface area contributed by atoms with Gasteiger partial charge in [-0.15, -0.1) is 0 Å². The molecular weight excluding hydrogens is 327 g/mol. The van der Waals surface area contributed by atoms with Crippen molar-refractivity contribution in [3.63, 3.8) is 0 Å². The van der Waals surface area contributed by atoms with Crippen LogP contribution >= 0.6 is 28.1 Å². The van der Waals surface area contributed by atoms with Crippen LogP contribution in [0.2, 0.25) is 0 Å². The molecule has 0 amide bonds. The number of anilines is 2. The van der Waals surface area contributed by atoms with Crippen LogP contribution in [0.1, 0.15) is 5.56 Å². The van der Waals surface area contributed by atoms with Crippen LogP contribution in [-0.4, -0.2) is 12.0 Å². The van der Waals surface area contributed by atoms with Crippen molar-refractivity contribution in [1.29, 1.82) is 0 Å². The summed E-state index contributed by atoms with van der Waals surface area (Å²) in [6, 6.07) is 12.9. The molecule has 5 heteroatoms.